The van der Waals surface area contributed by atoms with Crippen LogP contribution in [0, 0.1) is 11.3 Å². The monoisotopic (exact) mass is 457 g/mol. The summed E-state index contributed by atoms with van der Waals surface area (Å²) in [6.07, 6.45) is 7.38. The Morgan fingerprint density at radius 2 is 2.00 bits per heavy atom. The van der Waals surface area contributed by atoms with Crippen LogP contribution in [0.4, 0.5) is 17.3 Å². The number of nitrogens with zero attached hydrogens (tertiary/aromatic N) is 5. The SMILES string of the molecule is N#Cc1cnc(Nc2cc(NCCC3CCCCN3)c(C(=O)NCc3ccccc3)nn2)cn1. The van der Waals surface area contributed by atoms with E-state index < -0.39 is 0 Å². The summed E-state index contributed by atoms with van der Waals surface area (Å²) in [5.41, 5.74) is 2.03. The molecular formula is C24H27N9O. The van der Waals surface area contributed by atoms with Crippen LogP contribution in [0.25, 0.3) is 0 Å². The lowest BCUT2D eigenvalue weighted by Gasteiger charge is -2.23. The average Bonchev–Trinajstić information content (AvgIpc) is 2.89. The zero-order valence-corrected chi connectivity index (χ0v) is 18.8. The molecule has 0 radical (unpaired) electrons. The number of carbonyl (C=O) groups is 1. The highest BCUT2D eigenvalue weighted by Crippen LogP contribution is 2.20. The van der Waals surface area contributed by atoms with Gasteiger partial charge in [-0.15, -0.1) is 10.2 Å². The molecule has 1 aromatic carbocycles. The number of benzene rings is 1. The van der Waals surface area contributed by atoms with Gasteiger partial charge in [-0.25, -0.2) is 9.97 Å². The largest absolute Gasteiger partial charge is 0.383 e. The maximum absolute atomic E-state index is 12.9. The van der Waals surface area contributed by atoms with Crippen molar-refractivity contribution in [2.24, 2.45) is 0 Å². The van der Waals surface area contributed by atoms with Crippen molar-refractivity contribution in [3.8, 4) is 6.07 Å². The van der Waals surface area contributed by atoms with E-state index in [9.17, 15) is 4.79 Å². The second-order valence-corrected chi connectivity index (χ2v) is 8.05. The lowest BCUT2D eigenvalue weighted by molar-refractivity contribution is 0.0946. The van der Waals surface area contributed by atoms with E-state index in [4.69, 9.17) is 5.26 Å². The van der Waals surface area contributed by atoms with Crippen molar-refractivity contribution in [1.82, 2.24) is 30.8 Å². The minimum absolute atomic E-state index is 0.223. The minimum Gasteiger partial charge on any atom is -0.383 e. The molecule has 1 amide bonds. The molecule has 0 saturated carbocycles. The molecule has 174 valence electrons. The molecule has 1 unspecified atom stereocenters. The summed E-state index contributed by atoms with van der Waals surface area (Å²) in [6, 6.07) is 13.8. The molecule has 4 N–H and O–H groups in total. The maximum atomic E-state index is 12.9. The molecule has 3 heterocycles. The second-order valence-electron chi connectivity index (χ2n) is 8.05. The molecule has 1 atom stereocenters. The van der Waals surface area contributed by atoms with Gasteiger partial charge in [0.25, 0.3) is 5.91 Å². The van der Waals surface area contributed by atoms with Crippen molar-refractivity contribution in [3.63, 3.8) is 0 Å². The molecule has 1 aliphatic rings. The maximum Gasteiger partial charge on any atom is 0.274 e. The van der Waals surface area contributed by atoms with E-state index >= 15 is 0 Å². The molecule has 0 aliphatic carbocycles. The fourth-order valence-corrected chi connectivity index (χ4v) is 3.75. The predicted octanol–water partition coefficient (Wildman–Crippen LogP) is 2.76. The summed E-state index contributed by atoms with van der Waals surface area (Å²) in [6.45, 7) is 2.14. The lowest BCUT2D eigenvalue weighted by Crippen LogP contribution is -2.35. The molecule has 3 aromatic rings. The first kappa shape index (κ1) is 23.1. The van der Waals surface area contributed by atoms with Crippen LogP contribution in [0.2, 0.25) is 0 Å². The van der Waals surface area contributed by atoms with E-state index in [1.807, 2.05) is 36.4 Å². The van der Waals surface area contributed by atoms with Gasteiger partial charge in [0, 0.05) is 25.2 Å². The van der Waals surface area contributed by atoms with Gasteiger partial charge >= 0.3 is 0 Å². The van der Waals surface area contributed by atoms with Crippen LogP contribution in [-0.4, -0.2) is 45.2 Å². The van der Waals surface area contributed by atoms with Gasteiger partial charge in [0.2, 0.25) is 0 Å². The molecule has 10 nitrogen and oxygen atoms in total. The van der Waals surface area contributed by atoms with E-state index in [1.54, 1.807) is 6.07 Å². The van der Waals surface area contributed by atoms with Gasteiger partial charge in [-0.05, 0) is 31.4 Å². The Morgan fingerprint density at radius 3 is 2.74 bits per heavy atom. The van der Waals surface area contributed by atoms with Crippen LogP contribution < -0.4 is 21.3 Å². The van der Waals surface area contributed by atoms with E-state index in [-0.39, 0.29) is 17.3 Å². The fourth-order valence-electron chi connectivity index (χ4n) is 3.75. The Bertz CT molecular complexity index is 1120. The number of carbonyl (C=O) groups excluding carboxylic acids is 1. The Morgan fingerprint density at radius 1 is 1.12 bits per heavy atom. The van der Waals surface area contributed by atoms with Crippen molar-refractivity contribution < 1.29 is 4.79 Å². The number of aromatic nitrogens is 4. The first-order valence-electron chi connectivity index (χ1n) is 11.4. The summed E-state index contributed by atoms with van der Waals surface area (Å²) in [4.78, 5) is 21.0. The van der Waals surface area contributed by atoms with Crippen LogP contribution in [0.3, 0.4) is 0 Å². The van der Waals surface area contributed by atoms with Gasteiger partial charge in [-0.1, -0.05) is 36.8 Å². The van der Waals surface area contributed by atoms with E-state index in [2.05, 4.69) is 41.4 Å². The summed E-state index contributed by atoms with van der Waals surface area (Å²) in [5, 5.41) is 30.0. The Balaban J connectivity index is 1.47. The van der Waals surface area contributed by atoms with Crippen molar-refractivity contribution in [2.75, 3.05) is 23.7 Å². The molecule has 4 rings (SSSR count). The van der Waals surface area contributed by atoms with Crippen molar-refractivity contribution in [2.45, 2.75) is 38.3 Å². The number of amides is 1. The Labute approximate surface area is 198 Å². The van der Waals surface area contributed by atoms with Crippen molar-refractivity contribution in [3.05, 3.63) is 65.7 Å². The third kappa shape index (κ3) is 6.46. The smallest absolute Gasteiger partial charge is 0.274 e. The summed E-state index contributed by atoms with van der Waals surface area (Å²) < 4.78 is 0. The zero-order valence-electron chi connectivity index (χ0n) is 18.8. The van der Waals surface area contributed by atoms with Crippen LogP contribution in [-0.2, 0) is 6.54 Å². The standard InChI is InChI=1S/C24H27N9O/c25-13-19-15-29-22(16-28-19)31-21-12-20(27-11-9-18-8-4-5-10-26-18)23(33-32-21)24(34)30-14-17-6-2-1-3-7-17/h1-3,6-7,12,15-16,18,26H,4-5,8-11,14H2,(H,30,34)(H2,27,29,31,32). The fraction of sp³-hybridized carbons (Fsp3) is 0.333. The highest BCUT2D eigenvalue weighted by Gasteiger charge is 2.17. The van der Waals surface area contributed by atoms with Crippen molar-refractivity contribution >= 4 is 23.2 Å². The molecule has 2 aromatic heterocycles. The van der Waals surface area contributed by atoms with Gasteiger partial charge in [0.05, 0.1) is 18.1 Å². The molecule has 1 aliphatic heterocycles. The number of nitrogens with one attached hydrogen (secondary N) is 4. The Hall–Kier alpha value is -4.10. The lowest BCUT2D eigenvalue weighted by atomic mass is 10.0. The van der Waals surface area contributed by atoms with Gasteiger partial charge in [-0.3, -0.25) is 4.79 Å². The molecule has 1 saturated heterocycles. The third-order valence-corrected chi connectivity index (χ3v) is 5.55. The van der Waals surface area contributed by atoms with Crippen LogP contribution in [0.1, 0.15) is 47.4 Å². The highest BCUT2D eigenvalue weighted by molar-refractivity contribution is 5.97. The number of piperidine rings is 1. The molecule has 1 fully saturated rings. The molecule has 10 heteroatoms. The van der Waals surface area contributed by atoms with Crippen LogP contribution >= 0.6 is 0 Å². The summed E-state index contributed by atoms with van der Waals surface area (Å²) >= 11 is 0. The third-order valence-electron chi connectivity index (χ3n) is 5.55. The topological polar surface area (TPSA) is 141 Å². The molecule has 34 heavy (non-hydrogen) atoms. The quantitative estimate of drug-likeness (QED) is 0.382. The number of anilines is 3. The van der Waals surface area contributed by atoms with E-state index in [1.165, 1.54) is 25.2 Å². The van der Waals surface area contributed by atoms with Crippen molar-refractivity contribution in [1.29, 1.82) is 5.26 Å². The number of hydrogen-bond acceptors (Lipinski definition) is 9. The van der Waals surface area contributed by atoms with E-state index in [0.29, 0.717) is 36.5 Å². The normalized spacial score (nSPS) is 15.2. The van der Waals surface area contributed by atoms with E-state index in [0.717, 1.165) is 24.9 Å². The Kier molecular flexibility index (Phi) is 7.92. The molecule has 0 bridgehead atoms. The number of nitriles is 1. The second kappa shape index (κ2) is 11.7. The summed E-state index contributed by atoms with van der Waals surface area (Å²) in [7, 11) is 0. The van der Waals surface area contributed by atoms with Gasteiger partial charge in [0.1, 0.15) is 11.9 Å². The van der Waals surface area contributed by atoms with Crippen LogP contribution in [0.5, 0.6) is 0 Å². The van der Waals surface area contributed by atoms with Gasteiger partial charge in [0.15, 0.2) is 17.2 Å². The van der Waals surface area contributed by atoms with Crippen LogP contribution in [0.15, 0.2) is 48.8 Å². The first-order valence-corrected chi connectivity index (χ1v) is 11.4. The number of rotatable bonds is 9. The zero-order chi connectivity index (χ0) is 23.6. The molecule has 0 spiro atoms. The highest BCUT2D eigenvalue weighted by atomic mass is 16.1. The predicted molar refractivity (Wildman–Crippen MR) is 128 cm³/mol. The number of hydrogen-bond donors (Lipinski definition) is 4. The summed E-state index contributed by atoms with van der Waals surface area (Å²) in [5.74, 6) is 0.531. The molecular weight excluding hydrogens is 430 g/mol. The van der Waals surface area contributed by atoms with Gasteiger partial charge < -0.3 is 21.3 Å². The van der Waals surface area contributed by atoms with Gasteiger partial charge in [-0.2, -0.15) is 5.26 Å². The minimum atomic E-state index is -0.306. The average molecular weight is 458 g/mol. The first-order chi connectivity index (χ1) is 16.7.